The van der Waals surface area contributed by atoms with Crippen LogP contribution in [0.2, 0.25) is 0 Å². The fraction of sp³-hybridized carbons (Fsp3) is 0.478. The molecular weight excluding hydrogens is 370 g/mol. The van der Waals surface area contributed by atoms with E-state index in [1.165, 1.54) is 11.1 Å². The van der Waals surface area contributed by atoms with Crippen molar-refractivity contribution in [2.45, 2.75) is 58.0 Å². The Bertz CT molecular complexity index is 698. The van der Waals surface area contributed by atoms with E-state index in [1.54, 1.807) is 0 Å². The summed E-state index contributed by atoms with van der Waals surface area (Å²) in [7, 11) is 0. The van der Waals surface area contributed by atoms with Crippen molar-refractivity contribution in [2.24, 2.45) is 0 Å². The van der Waals surface area contributed by atoms with Gasteiger partial charge in [0.25, 0.3) is 0 Å². The van der Waals surface area contributed by atoms with E-state index in [1.807, 2.05) is 24.4 Å². The summed E-state index contributed by atoms with van der Waals surface area (Å²) in [5, 5.41) is 3.45. The van der Waals surface area contributed by atoms with Gasteiger partial charge in [0.05, 0.1) is 12.2 Å². The average Bonchev–Trinajstić information content (AvgIpc) is 2.98. The number of benzene rings is 1. The van der Waals surface area contributed by atoms with E-state index < -0.39 is 0 Å². The Hall–Kier alpha value is -1.91. The zero-order valence-corrected chi connectivity index (χ0v) is 17.6. The first-order valence-electron chi connectivity index (χ1n) is 10.2. The quantitative estimate of drug-likeness (QED) is 0.752. The van der Waals surface area contributed by atoms with Crippen LogP contribution in [0.1, 0.15) is 48.9 Å². The highest BCUT2D eigenvalue weighted by Gasteiger charge is 2.24. The molecule has 28 heavy (non-hydrogen) atoms. The second kappa shape index (κ2) is 11.8. The summed E-state index contributed by atoms with van der Waals surface area (Å²) in [5.74, 6) is 0.264. The van der Waals surface area contributed by atoms with Crippen LogP contribution in [-0.4, -0.2) is 34.9 Å². The lowest BCUT2D eigenvalue weighted by atomic mass is 10.0. The van der Waals surface area contributed by atoms with Crippen LogP contribution in [0.25, 0.3) is 0 Å². The highest BCUT2D eigenvalue weighted by Crippen LogP contribution is 2.18. The normalized spacial score (nSPS) is 16.7. The van der Waals surface area contributed by atoms with Gasteiger partial charge in [0.1, 0.15) is 0 Å². The van der Waals surface area contributed by atoms with Crippen molar-refractivity contribution in [2.75, 3.05) is 13.1 Å². The lowest BCUT2D eigenvalue weighted by Gasteiger charge is -2.31. The summed E-state index contributed by atoms with van der Waals surface area (Å²) in [4.78, 5) is 19.6. The van der Waals surface area contributed by atoms with E-state index >= 15 is 0 Å². The molecule has 0 radical (unpaired) electrons. The number of halogens is 1. The van der Waals surface area contributed by atoms with Gasteiger partial charge in [0, 0.05) is 18.7 Å². The topological polar surface area (TPSA) is 45.2 Å². The molecule has 1 aliphatic heterocycles. The Morgan fingerprint density at radius 1 is 1.14 bits per heavy atom. The Kier molecular flexibility index (Phi) is 9.45. The average molecular weight is 402 g/mol. The van der Waals surface area contributed by atoms with E-state index in [-0.39, 0.29) is 18.3 Å². The van der Waals surface area contributed by atoms with Crippen molar-refractivity contribution in [1.29, 1.82) is 0 Å². The van der Waals surface area contributed by atoms with Gasteiger partial charge in [-0.1, -0.05) is 35.9 Å². The molecule has 0 bridgehead atoms. The minimum absolute atomic E-state index is 0. The Labute approximate surface area is 175 Å². The molecule has 0 aliphatic carbocycles. The van der Waals surface area contributed by atoms with Crippen LogP contribution in [0.3, 0.4) is 0 Å². The number of nitrogens with one attached hydrogen (secondary N) is 1. The molecule has 1 aliphatic rings. The zero-order chi connectivity index (χ0) is 18.9. The van der Waals surface area contributed by atoms with Crippen molar-refractivity contribution in [1.82, 2.24) is 15.2 Å². The number of aryl methyl sites for hydroxylation is 2. The standard InChI is InChI=1S/C23H31N3O.ClH/c1-19-10-12-20(13-11-19)6-4-9-23(27)26(18-21-7-2-3-16-25-21)22-8-5-15-24-17-14-22;/h2-3,7,10-13,16,22,24H,4-6,8-9,14-15,17-18H2,1H3;1H. The van der Waals surface area contributed by atoms with Crippen molar-refractivity contribution < 1.29 is 4.79 Å². The van der Waals surface area contributed by atoms with Crippen LogP contribution < -0.4 is 5.32 Å². The SMILES string of the molecule is Cc1ccc(CCCC(=O)N(Cc2ccccn2)C2CCCNCC2)cc1.Cl. The number of hydrogen-bond donors (Lipinski definition) is 1. The van der Waals surface area contributed by atoms with Gasteiger partial charge in [0.15, 0.2) is 0 Å². The maximum absolute atomic E-state index is 13.1. The minimum atomic E-state index is 0. The molecule has 1 fully saturated rings. The van der Waals surface area contributed by atoms with Gasteiger partial charge < -0.3 is 10.2 Å². The van der Waals surface area contributed by atoms with Gasteiger partial charge in [-0.3, -0.25) is 9.78 Å². The number of hydrogen-bond acceptors (Lipinski definition) is 3. The molecule has 2 aromatic rings. The molecule has 0 spiro atoms. The number of rotatable bonds is 7. The lowest BCUT2D eigenvalue weighted by Crippen LogP contribution is -2.40. The van der Waals surface area contributed by atoms with Crippen LogP contribution in [-0.2, 0) is 17.8 Å². The molecule has 1 unspecified atom stereocenters. The van der Waals surface area contributed by atoms with Crippen molar-refractivity contribution in [3.63, 3.8) is 0 Å². The molecule has 152 valence electrons. The fourth-order valence-electron chi connectivity index (χ4n) is 3.74. The highest BCUT2D eigenvalue weighted by atomic mass is 35.5. The second-order valence-corrected chi connectivity index (χ2v) is 7.52. The smallest absolute Gasteiger partial charge is 0.223 e. The summed E-state index contributed by atoms with van der Waals surface area (Å²) in [6.45, 7) is 4.76. The summed E-state index contributed by atoms with van der Waals surface area (Å²) in [6.07, 6.45) is 7.48. The summed E-state index contributed by atoms with van der Waals surface area (Å²) in [6, 6.07) is 14.9. The van der Waals surface area contributed by atoms with Crippen LogP contribution in [0.5, 0.6) is 0 Å². The van der Waals surface area contributed by atoms with E-state index in [4.69, 9.17) is 0 Å². The molecule has 2 heterocycles. The first-order valence-corrected chi connectivity index (χ1v) is 10.2. The lowest BCUT2D eigenvalue weighted by molar-refractivity contribution is -0.134. The number of pyridine rings is 1. The first-order chi connectivity index (χ1) is 13.2. The summed E-state index contributed by atoms with van der Waals surface area (Å²) < 4.78 is 0. The van der Waals surface area contributed by atoms with Gasteiger partial charge in [-0.05, 0) is 69.8 Å². The van der Waals surface area contributed by atoms with Gasteiger partial charge >= 0.3 is 0 Å². The maximum atomic E-state index is 13.1. The predicted octanol–water partition coefficient (Wildman–Crippen LogP) is 4.31. The third kappa shape index (κ3) is 6.92. The Balaban J connectivity index is 0.00000280. The van der Waals surface area contributed by atoms with Crippen molar-refractivity contribution in [3.8, 4) is 0 Å². The first kappa shape index (κ1) is 22.4. The minimum Gasteiger partial charge on any atom is -0.334 e. The molecular formula is C23H32ClN3O. The van der Waals surface area contributed by atoms with Gasteiger partial charge in [-0.2, -0.15) is 0 Å². The summed E-state index contributed by atoms with van der Waals surface area (Å²) in [5.41, 5.74) is 3.56. The molecule has 5 heteroatoms. The number of carbonyl (C=O) groups excluding carboxylic acids is 1. The molecule has 1 atom stereocenters. The van der Waals surface area contributed by atoms with E-state index in [0.717, 1.165) is 50.9 Å². The van der Waals surface area contributed by atoms with E-state index in [0.29, 0.717) is 19.0 Å². The Morgan fingerprint density at radius 3 is 2.71 bits per heavy atom. The van der Waals surface area contributed by atoms with Crippen molar-refractivity contribution >= 4 is 18.3 Å². The largest absolute Gasteiger partial charge is 0.334 e. The molecule has 1 aromatic carbocycles. The van der Waals surface area contributed by atoms with Gasteiger partial charge in [-0.15, -0.1) is 12.4 Å². The van der Waals surface area contributed by atoms with Gasteiger partial charge in [-0.25, -0.2) is 0 Å². The molecule has 1 N–H and O–H groups in total. The predicted molar refractivity (Wildman–Crippen MR) is 117 cm³/mol. The van der Waals surface area contributed by atoms with Crippen LogP contribution >= 0.6 is 12.4 Å². The molecule has 1 aromatic heterocycles. The van der Waals surface area contributed by atoms with Crippen LogP contribution in [0, 0.1) is 6.92 Å². The second-order valence-electron chi connectivity index (χ2n) is 7.52. The number of aromatic nitrogens is 1. The monoisotopic (exact) mass is 401 g/mol. The molecule has 1 amide bonds. The maximum Gasteiger partial charge on any atom is 0.223 e. The van der Waals surface area contributed by atoms with Crippen LogP contribution in [0.15, 0.2) is 48.7 Å². The molecule has 1 saturated heterocycles. The highest BCUT2D eigenvalue weighted by molar-refractivity contribution is 5.85. The number of amides is 1. The van der Waals surface area contributed by atoms with Gasteiger partial charge in [0.2, 0.25) is 5.91 Å². The zero-order valence-electron chi connectivity index (χ0n) is 16.8. The van der Waals surface area contributed by atoms with E-state index in [9.17, 15) is 4.79 Å². The number of carbonyl (C=O) groups is 1. The Morgan fingerprint density at radius 2 is 1.96 bits per heavy atom. The molecule has 3 rings (SSSR count). The van der Waals surface area contributed by atoms with E-state index in [2.05, 4.69) is 46.4 Å². The number of nitrogens with zero attached hydrogens (tertiary/aromatic N) is 2. The van der Waals surface area contributed by atoms with Crippen molar-refractivity contribution in [3.05, 3.63) is 65.5 Å². The molecule has 4 nitrogen and oxygen atoms in total. The van der Waals surface area contributed by atoms with Crippen LogP contribution in [0.4, 0.5) is 0 Å². The third-order valence-electron chi connectivity index (χ3n) is 5.34. The third-order valence-corrected chi connectivity index (χ3v) is 5.34. The summed E-state index contributed by atoms with van der Waals surface area (Å²) >= 11 is 0. The molecule has 0 saturated carbocycles. The fourth-order valence-corrected chi connectivity index (χ4v) is 3.74.